The summed E-state index contributed by atoms with van der Waals surface area (Å²) in [6.07, 6.45) is 68.9. The lowest BCUT2D eigenvalue weighted by atomic mass is 9.99. The van der Waals surface area contributed by atoms with Crippen LogP contribution in [0.25, 0.3) is 0 Å². The second kappa shape index (κ2) is 60.7. The SMILES string of the molecule is CCCCCCCCCCCCCCCCCC/C=C/C(O)C(COC1OC(CO)C(O)C(OS(=O)(=O)O)C1O)NC(=O)CCCCCCCCCCCCCCCCCCCCCCCCCCCCCCCCCCCCCCCCC. The normalized spacial score (nSPS) is 18.3. The van der Waals surface area contributed by atoms with Gasteiger partial charge in [-0.05, 0) is 19.3 Å². The monoisotopic (exact) mass is 1210 g/mol. The van der Waals surface area contributed by atoms with Gasteiger partial charge in [-0.2, -0.15) is 8.42 Å². The summed E-state index contributed by atoms with van der Waals surface area (Å²) < 4.78 is 48.0. The van der Waals surface area contributed by atoms with E-state index in [1.54, 1.807) is 6.08 Å². The molecule has 0 aliphatic carbocycles. The highest BCUT2D eigenvalue weighted by molar-refractivity contribution is 7.80. The summed E-state index contributed by atoms with van der Waals surface area (Å²) in [6.45, 7) is 3.46. The Hall–Kier alpha value is -1.16. The Morgan fingerprint density at radius 3 is 1.04 bits per heavy atom. The first-order valence-corrected chi connectivity index (χ1v) is 37.9. The maximum Gasteiger partial charge on any atom is 0.397 e. The zero-order valence-electron chi connectivity index (χ0n) is 55.0. The number of hydrogen-bond acceptors (Lipinski definition) is 10. The highest BCUT2D eigenvalue weighted by Gasteiger charge is 2.48. The van der Waals surface area contributed by atoms with Gasteiger partial charge in [0.1, 0.15) is 24.4 Å². The van der Waals surface area contributed by atoms with Crippen LogP contribution in [-0.4, -0.2) is 95.4 Å². The largest absolute Gasteiger partial charge is 0.397 e. The standard InChI is InChI=1S/C71H139NO11S/c1-3-5-7-9-11-13-15-17-19-21-23-24-25-26-27-28-29-30-31-32-33-34-35-36-37-38-39-40-41-42-43-45-47-49-51-53-55-57-59-61-67(75)72-64(63-81-71-69(77)70(83-84(78,79)80)68(76)66(62-73)82-71)65(74)60-58-56-54-52-50-48-46-44-22-20-18-16-14-12-10-8-6-4-2/h58,60,64-66,68-71,73-74,76-77H,3-57,59,61-63H2,1-2H3,(H,72,75)(H,78,79,80)/b60-58+. The molecule has 1 heterocycles. The second-order valence-corrected chi connectivity index (χ2v) is 26.9. The van der Waals surface area contributed by atoms with Crippen LogP contribution in [0.15, 0.2) is 12.2 Å². The number of allylic oxidation sites excluding steroid dienone is 1. The summed E-state index contributed by atoms with van der Waals surface area (Å²) in [5.41, 5.74) is 0. The molecule has 0 spiro atoms. The molecule has 1 aliphatic rings. The fourth-order valence-electron chi connectivity index (χ4n) is 12.2. The predicted octanol–water partition coefficient (Wildman–Crippen LogP) is 19.3. The van der Waals surface area contributed by atoms with Gasteiger partial charge in [0.25, 0.3) is 0 Å². The molecule has 7 unspecified atom stereocenters. The van der Waals surface area contributed by atoms with Crippen molar-refractivity contribution in [2.24, 2.45) is 0 Å². The maximum atomic E-state index is 13.2. The van der Waals surface area contributed by atoms with Gasteiger partial charge >= 0.3 is 10.4 Å². The van der Waals surface area contributed by atoms with Crippen LogP contribution in [0, 0.1) is 0 Å². The molecule has 6 N–H and O–H groups in total. The lowest BCUT2D eigenvalue weighted by Crippen LogP contribution is -2.61. The Bertz CT molecular complexity index is 1520. The van der Waals surface area contributed by atoms with Crippen molar-refractivity contribution in [3.8, 4) is 0 Å². The number of nitrogens with one attached hydrogen (secondary N) is 1. The summed E-state index contributed by atoms with van der Waals surface area (Å²) in [5.74, 6) is -0.253. The molecule has 1 aliphatic heterocycles. The predicted molar refractivity (Wildman–Crippen MR) is 352 cm³/mol. The molecule has 0 aromatic carbocycles. The highest BCUT2D eigenvalue weighted by atomic mass is 32.3. The number of ether oxygens (including phenoxy) is 2. The maximum absolute atomic E-state index is 13.2. The molecule has 500 valence electrons. The Kier molecular flexibility index (Phi) is 58.5. The van der Waals surface area contributed by atoms with Crippen LogP contribution in [0.1, 0.15) is 380 Å². The van der Waals surface area contributed by atoms with E-state index in [2.05, 4.69) is 23.3 Å². The molecule has 7 atom stereocenters. The van der Waals surface area contributed by atoms with Gasteiger partial charge in [-0.25, -0.2) is 4.18 Å². The molecule has 0 saturated carbocycles. The first-order valence-electron chi connectivity index (χ1n) is 36.6. The van der Waals surface area contributed by atoms with Crippen molar-refractivity contribution < 1.29 is 51.8 Å². The van der Waals surface area contributed by atoms with Crippen molar-refractivity contribution in [3.63, 3.8) is 0 Å². The second-order valence-electron chi connectivity index (χ2n) is 25.9. The summed E-state index contributed by atoms with van der Waals surface area (Å²) in [5, 5.41) is 45.1. The van der Waals surface area contributed by atoms with Crippen molar-refractivity contribution in [1.29, 1.82) is 0 Å². The minimum absolute atomic E-state index is 0.253. The fourth-order valence-corrected chi connectivity index (χ4v) is 12.7. The summed E-state index contributed by atoms with van der Waals surface area (Å²) in [7, 11) is -5.09. The van der Waals surface area contributed by atoms with Gasteiger partial charge in [0.15, 0.2) is 6.29 Å². The molecule has 12 nitrogen and oxygen atoms in total. The van der Waals surface area contributed by atoms with Gasteiger partial charge in [-0.3, -0.25) is 9.35 Å². The van der Waals surface area contributed by atoms with Crippen LogP contribution < -0.4 is 5.32 Å². The molecule has 1 amide bonds. The lowest BCUT2D eigenvalue weighted by molar-refractivity contribution is -0.298. The van der Waals surface area contributed by atoms with Crippen molar-refractivity contribution in [2.75, 3.05) is 13.2 Å². The molecule has 0 radical (unpaired) electrons. The molecule has 0 aromatic rings. The average molecular weight is 1210 g/mol. The van der Waals surface area contributed by atoms with E-state index in [0.29, 0.717) is 6.42 Å². The number of hydrogen-bond donors (Lipinski definition) is 6. The van der Waals surface area contributed by atoms with E-state index < -0.39 is 59.9 Å². The molecule has 1 saturated heterocycles. The minimum Gasteiger partial charge on any atom is -0.394 e. The minimum atomic E-state index is -5.09. The van der Waals surface area contributed by atoms with Gasteiger partial charge in [-0.1, -0.05) is 366 Å². The number of unbranched alkanes of at least 4 members (excludes halogenated alkanes) is 54. The number of carbonyl (C=O) groups excluding carboxylic acids is 1. The van der Waals surface area contributed by atoms with E-state index in [-0.39, 0.29) is 18.9 Å². The van der Waals surface area contributed by atoms with E-state index in [9.17, 15) is 38.2 Å². The van der Waals surface area contributed by atoms with Crippen LogP contribution in [0.4, 0.5) is 0 Å². The number of rotatable bonds is 66. The molecule has 1 fully saturated rings. The van der Waals surface area contributed by atoms with Crippen LogP contribution in [0.3, 0.4) is 0 Å². The van der Waals surface area contributed by atoms with Gasteiger partial charge in [0.05, 0.1) is 25.4 Å². The van der Waals surface area contributed by atoms with Gasteiger partial charge in [-0.15, -0.1) is 0 Å². The zero-order valence-corrected chi connectivity index (χ0v) is 55.8. The molecule has 1 rings (SSSR count). The first-order chi connectivity index (χ1) is 41.0. The smallest absolute Gasteiger partial charge is 0.394 e. The third-order valence-corrected chi connectivity index (χ3v) is 18.3. The average Bonchev–Trinajstić information content (AvgIpc) is 3.65. The quantitative estimate of drug-likeness (QED) is 0.0193. The Morgan fingerprint density at radius 1 is 0.464 bits per heavy atom. The van der Waals surface area contributed by atoms with E-state index in [1.165, 1.54) is 315 Å². The molecular weight excluding hydrogens is 1070 g/mol. The van der Waals surface area contributed by atoms with Gasteiger partial charge < -0.3 is 35.2 Å². The number of aliphatic hydroxyl groups is 4. The number of carbonyl (C=O) groups is 1. The zero-order chi connectivity index (χ0) is 61.1. The summed E-state index contributed by atoms with van der Waals surface area (Å²) in [4.78, 5) is 13.2. The van der Waals surface area contributed by atoms with Crippen LogP contribution in [0.2, 0.25) is 0 Å². The van der Waals surface area contributed by atoms with Crippen molar-refractivity contribution in [2.45, 2.75) is 423 Å². The Labute approximate surface area is 519 Å². The van der Waals surface area contributed by atoms with Crippen LogP contribution in [0.5, 0.6) is 0 Å². The fraction of sp³-hybridized carbons (Fsp3) is 0.958. The van der Waals surface area contributed by atoms with Gasteiger partial charge in [0.2, 0.25) is 5.91 Å². The topological polar surface area (TPSA) is 192 Å². The molecule has 0 aromatic heterocycles. The summed E-state index contributed by atoms with van der Waals surface area (Å²) >= 11 is 0. The van der Waals surface area contributed by atoms with E-state index in [0.717, 1.165) is 38.5 Å². The van der Waals surface area contributed by atoms with Gasteiger partial charge in [0, 0.05) is 6.42 Å². The lowest BCUT2D eigenvalue weighted by Gasteiger charge is -2.41. The Morgan fingerprint density at radius 2 is 0.750 bits per heavy atom. The molecule has 84 heavy (non-hydrogen) atoms. The van der Waals surface area contributed by atoms with Crippen molar-refractivity contribution >= 4 is 16.3 Å². The van der Waals surface area contributed by atoms with Crippen molar-refractivity contribution in [3.05, 3.63) is 12.2 Å². The molecular formula is C71H139NO11S. The first kappa shape index (κ1) is 80.9. The third-order valence-electron chi connectivity index (χ3n) is 17.8. The third kappa shape index (κ3) is 51.7. The van der Waals surface area contributed by atoms with Crippen LogP contribution >= 0.6 is 0 Å². The van der Waals surface area contributed by atoms with Crippen LogP contribution in [-0.2, 0) is 28.9 Å². The van der Waals surface area contributed by atoms with E-state index in [1.807, 2.05) is 6.08 Å². The molecule has 0 bridgehead atoms. The number of aliphatic hydroxyl groups excluding tert-OH is 4. The Balaban J connectivity index is 2.13. The van der Waals surface area contributed by atoms with E-state index >= 15 is 0 Å². The molecule has 13 heteroatoms. The van der Waals surface area contributed by atoms with E-state index in [4.69, 9.17) is 9.47 Å². The highest BCUT2D eigenvalue weighted by Crippen LogP contribution is 2.27. The number of amides is 1. The summed E-state index contributed by atoms with van der Waals surface area (Å²) in [6, 6.07) is -0.941. The van der Waals surface area contributed by atoms with Crippen molar-refractivity contribution in [1.82, 2.24) is 5.32 Å².